The van der Waals surface area contributed by atoms with Gasteiger partial charge in [-0.05, 0) is 79.5 Å². The molecule has 2 unspecified atom stereocenters. The van der Waals surface area contributed by atoms with E-state index in [1.165, 1.54) is 36.1 Å². The highest BCUT2D eigenvalue weighted by atomic mass is 19.1. The summed E-state index contributed by atoms with van der Waals surface area (Å²) in [7, 11) is 0. The fourth-order valence-corrected chi connectivity index (χ4v) is 3.66. The lowest BCUT2D eigenvalue weighted by molar-refractivity contribution is -0.128. The first-order valence-electron chi connectivity index (χ1n) is 9.95. The van der Waals surface area contributed by atoms with E-state index < -0.39 is 6.10 Å². The van der Waals surface area contributed by atoms with Crippen LogP contribution in [-0.4, -0.2) is 12.0 Å². The number of hydrogen-bond acceptors (Lipinski definition) is 2. The average molecular weight is 369 g/mol. The van der Waals surface area contributed by atoms with E-state index in [2.05, 4.69) is 30.4 Å². The molecule has 0 spiro atoms. The molecule has 3 rings (SSSR count). The van der Waals surface area contributed by atoms with Crippen LogP contribution in [0.4, 0.5) is 4.39 Å². The first-order chi connectivity index (χ1) is 13.1. The maximum atomic E-state index is 13.1. The van der Waals surface area contributed by atoms with Gasteiger partial charge in [0.2, 0.25) is 0 Å². The smallest absolute Gasteiger partial charge is 0.261 e. The minimum atomic E-state index is -0.595. The first-order valence-corrected chi connectivity index (χ1v) is 9.95. The molecule has 0 aliphatic heterocycles. The number of fused-ring (bicyclic) bond motifs is 1. The van der Waals surface area contributed by atoms with Gasteiger partial charge in [-0.2, -0.15) is 0 Å². The Morgan fingerprint density at radius 2 is 1.74 bits per heavy atom. The zero-order valence-corrected chi connectivity index (χ0v) is 16.1. The molecule has 2 atom stereocenters. The summed E-state index contributed by atoms with van der Waals surface area (Å²) in [6, 6.07) is 12.3. The van der Waals surface area contributed by atoms with E-state index in [-0.39, 0.29) is 17.8 Å². The van der Waals surface area contributed by atoms with Gasteiger partial charge in [0.1, 0.15) is 11.6 Å². The number of aryl methyl sites for hydroxylation is 2. The lowest BCUT2D eigenvalue weighted by Gasteiger charge is -2.24. The van der Waals surface area contributed by atoms with Crippen molar-refractivity contribution in [3.05, 3.63) is 65.0 Å². The molecule has 1 aliphatic carbocycles. The minimum absolute atomic E-state index is 0.0319. The molecular formula is C23H28FNO2. The molecule has 0 heterocycles. The molecular weight excluding hydrogens is 341 g/mol. The summed E-state index contributed by atoms with van der Waals surface area (Å²) in [4.78, 5) is 12.8. The molecule has 144 valence electrons. The molecule has 0 saturated heterocycles. The van der Waals surface area contributed by atoms with Crippen molar-refractivity contribution in [1.29, 1.82) is 0 Å². The second-order valence-corrected chi connectivity index (χ2v) is 7.17. The molecule has 1 N–H and O–H groups in total. The third kappa shape index (κ3) is 4.88. The van der Waals surface area contributed by atoms with Crippen LogP contribution in [0.15, 0.2) is 42.5 Å². The zero-order chi connectivity index (χ0) is 19.2. The van der Waals surface area contributed by atoms with Crippen LogP contribution in [0.1, 0.15) is 62.3 Å². The molecule has 0 radical (unpaired) electrons. The second kappa shape index (κ2) is 9.03. The van der Waals surface area contributed by atoms with E-state index >= 15 is 0 Å². The van der Waals surface area contributed by atoms with Gasteiger partial charge in [0.25, 0.3) is 5.91 Å². The van der Waals surface area contributed by atoms with Gasteiger partial charge in [0.05, 0.1) is 6.04 Å². The van der Waals surface area contributed by atoms with E-state index in [0.29, 0.717) is 12.2 Å². The van der Waals surface area contributed by atoms with Crippen LogP contribution in [0.25, 0.3) is 0 Å². The van der Waals surface area contributed by atoms with Gasteiger partial charge < -0.3 is 10.1 Å². The molecule has 1 amide bonds. The number of amides is 1. The number of ether oxygens (including phenoxy) is 1. The van der Waals surface area contributed by atoms with Gasteiger partial charge in [0, 0.05) is 0 Å². The highest BCUT2D eigenvalue weighted by molar-refractivity contribution is 5.81. The standard InChI is InChI=1S/C23H28FNO2/c1-3-21(18-10-9-16-7-5-6-8-17(16)15-18)25-23(26)22(4-2)27-20-13-11-19(24)12-14-20/h9-15,21-22H,3-8H2,1-2H3,(H,25,26). The third-order valence-electron chi connectivity index (χ3n) is 5.25. The summed E-state index contributed by atoms with van der Waals surface area (Å²) in [6.45, 7) is 3.99. The number of benzene rings is 2. The fraction of sp³-hybridized carbons (Fsp3) is 0.435. The molecule has 4 heteroatoms. The predicted octanol–water partition coefficient (Wildman–Crippen LogP) is 5.13. The van der Waals surface area contributed by atoms with Crippen molar-refractivity contribution in [1.82, 2.24) is 5.32 Å². The quantitative estimate of drug-likeness (QED) is 0.735. The van der Waals surface area contributed by atoms with Crippen LogP contribution >= 0.6 is 0 Å². The van der Waals surface area contributed by atoms with E-state index in [0.717, 1.165) is 24.8 Å². The van der Waals surface area contributed by atoms with Crippen molar-refractivity contribution in [2.24, 2.45) is 0 Å². The normalized spacial score (nSPS) is 15.5. The Balaban J connectivity index is 1.68. The SMILES string of the molecule is CCC(Oc1ccc(F)cc1)C(=O)NC(CC)c1ccc2c(c1)CCCC2. The van der Waals surface area contributed by atoms with E-state index in [4.69, 9.17) is 4.74 Å². The summed E-state index contributed by atoms with van der Waals surface area (Å²) in [5, 5.41) is 3.13. The van der Waals surface area contributed by atoms with Crippen LogP contribution < -0.4 is 10.1 Å². The first kappa shape index (κ1) is 19.4. The fourth-order valence-electron chi connectivity index (χ4n) is 3.66. The topological polar surface area (TPSA) is 38.3 Å². The van der Waals surface area contributed by atoms with Crippen LogP contribution in [0, 0.1) is 5.82 Å². The highest BCUT2D eigenvalue weighted by Gasteiger charge is 2.22. The molecule has 0 fully saturated rings. The molecule has 0 aromatic heterocycles. The van der Waals surface area contributed by atoms with Gasteiger partial charge in [-0.25, -0.2) is 4.39 Å². The van der Waals surface area contributed by atoms with Crippen molar-refractivity contribution >= 4 is 5.91 Å². The molecule has 0 saturated carbocycles. The van der Waals surface area contributed by atoms with Crippen LogP contribution in [-0.2, 0) is 17.6 Å². The number of carbonyl (C=O) groups is 1. The Morgan fingerprint density at radius 3 is 2.41 bits per heavy atom. The van der Waals surface area contributed by atoms with Gasteiger partial charge in [-0.1, -0.05) is 32.0 Å². The summed E-state index contributed by atoms with van der Waals surface area (Å²) < 4.78 is 18.8. The van der Waals surface area contributed by atoms with Crippen molar-refractivity contribution in [3.8, 4) is 5.75 Å². The van der Waals surface area contributed by atoms with Crippen molar-refractivity contribution < 1.29 is 13.9 Å². The van der Waals surface area contributed by atoms with Crippen LogP contribution in [0.5, 0.6) is 5.75 Å². The Bertz CT molecular complexity index is 772. The molecule has 0 bridgehead atoms. The van der Waals surface area contributed by atoms with Gasteiger partial charge >= 0.3 is 0 Å². The van der Waals surface area contributed by atoms with Crippen LogP contribution in [0.3, 0.4) is 0 Å². The third-order valence-corrected chi connectivity index (χ3v) is 5.25. The average Bonchev–Trinajstić information content (AvgIpc) is 2.71. The van der Waals surface area contributed by atoms with E-state index in [1.807, 2.05) is 6.92 Å². The molecule has 3 nitrogen and oxygen atoms in total. The predicted molar refractivity (Wildman–Crippen MR) is 105 cm³/mol. The Kier molecular flexibility index (Phi) is 6.49. The molecule has 2 aromatic rings. The van der Waals surface area contributed by atoms with Crippen molar-refractivity contribution in [2.75, 3.05) is 0 Å². The van der Waals surface area contributed by atoms with Crippen LogP contribution in [0.2, 0.25) is 0 Å². The number of nitrogens with one attached hydrogen (secondary N) is 1. The van der Waals surface area contributed by atoms with Crippen molar-refractivity contribution in [2.45, 2.75) is 64.5 Å². The summed E-state index contributed by atoms with van der Waals surface area (Å²) in [6.07, 6.45) is 5.55. The van der Waals surface area contributed by atoms with Gasteiger partial charge in [-0.15, -0.1) is 0 Å². The van der Waals surface area contributed by atoms with E-state index in [9.17, 15) is 9.18 Å². The molecule has 2 aromatic carbocycles. The Hall–Kier alpha value is -2.36. The van der Waals surface area contributed by atoms with E-state index in [1.54, 1.807) is 12.1 Å². The lowest BCUT2D eigenvalue weighted by Crippen LogP contribution is -2.40. The summed E-state index contributed by atoms with van der Waals surface area (Å²) in [5.74, 6) is 0.0462. The second-order valence-electron chi connectivity index (χ2n) is 7.17. The minimum Gasteiger partial charge on any atom is -0.481 e. The Labute approximate surface area is 160 Å². The zero-order valence-electron chi connectivity index (χ0n) is 16.1. The molecule has 1 aliphatic rings. The largest absolute Gasteiger partial charge is 0.481 e. The highest BCUT2D eigenvalue weighted by Crippen LogP contribution is 2.26. The monoisotopic (exact) mass is 369 g/mol. The maximum absolute atomic E-state index is 13.1. The number of hydrogen-bond donors (Lipinski definition) is 1. The lowest BCUT2D eigenvalue weighted by atomic mass is 9.88. The van der Waals surface area contributed by atoms with Gasteiger partial charge in [-0.3, -0.25) is 4.79 Å². The maximum Gasteiger partial charge on any atom is 0.261 e. The Morgan fingerprint density at radius 1 is 1.04 bits per heavy atom. The van der Waals surface area contributed by atoms with Crippen molar-refractivity contribution in [3.63, 3.8) is 0 Å². The number of carbonyl (C=O) groups excluding carboxylic acids is 1. The summed E-state index contributed by atoms with van der Waals surface area (Å²) in [5.41, 5.74) is 4.02. The summed E-state index contributed by atoms with van der Waals surface area (Å²) >= 11 is 0. The van der Waals surface area contributed by atoms with Gasteiger partial charge in [0.15, 0.2) is 6.10 Å². The molecule has 27 heavy (non-hydrogen) atoms. The number of rotatable bonds is 7. The number of halogens is 1.